The molecule has 0 radical (unpaired) electrons. The van der Waals surface area contributed by atoms with Crippen molar-refractivity contribution in [3.8, 4) is 0 Å². The van der Waals surface area contributed by atoms with Gasteiger partial charge in [-0.2, -0.15) is 0 Å². The van der Waals surface area contributed by atoms with Crippen LogP contribution in [-0.2, 0) is 15.0 Å². The monoisotopic (exact) mass is 880 g/mol. The second kappa shape index (κ2) is 17.2. The number of hydrogen-bond acceptors (Lipinski definition) is 4. The van der Waals surface area contributed by atoms with Crippen LogP contribution in [0.2, 0.25) is 4.01 Å². The van der Waals surface area contributed by atoms with Crippen LogP contribution in [0.3, 0.4) is 0 Å². The Morgan fingerprint density at radius 1 is 0.649 bits per heavy atom. The molecule has 5 aromatic carbocycles. The Morgan fingerprint density at radius 2 is 1.18 bits per heavy atom. The summed E-state index contributed by atoms with van der Waals surface area (Å²) in [5.74, 6) is 0. The zero-order valence-corrected chi connectivity index (χ0v) is 36.9. The molecule has 8 rings (SSSR count). The number of benzene rings is 5. The first-order chi connectivity index (χ1) is 26.6. The molecule has 1 fully saturated rings. The number of nitrogens with zero attached hydrogens (tertiary/aromatic N) is 3. The minimum Gasteiger partial charge on any atom is -1.00 e. The molecular weight excluding hydrogens is 831 g/mol. The van der Waals surface area contributed by atoms with E-state index in [-0.39, 0.29) is 24.8 Å². The summed E-state index contributed by atoms with van der Waals surface area (Å²) < 4.78 is 1.79. The molecule has 293 valence electrons. The van der Waals surface area contributed by atoms with Gasteiger partial charge in [-0.25, -0.2) is 0 Å². The third-order valence-corrected chi connectivity index (χ3v) is 16.9. The molecule has 7 heteroatoms. The van der Waals surface area contributed by atoms with E-state index >= 15 is 0 Å². The van der Waals surface area contributed by atoms with Gasteiger partial charge in [0.25, 0.3) is 0 Å². The maximum atomic E-state index is 12.7. The van der Waals surface area contributed by atoms with Crippen LogP contribution >= 0.6 is 0 Å². The number of aliphatic hydroxyl groups excluding tert-OH is 1. The van der Waals surface area contributed by atoms with Crippen LogP contribution in [0.25, 0.3) is 5.57 Å². The van der Waals surface area contributed by atoms with E-state index in [2.05, 4.69) is 180 Å². The average molecular weight is 881 g/mol. The maximum Gasteiger partial charge on any atom is -1.00 e. The largest absolute Gasteiger partial charge is 1.00 e. The topological polar surface area (TPSA) is 39.1 Å². The van der Waals surface area contributed by atoms with Gasteiger partial charge >= 0.3 is 333 Å². The summed E-state index contributed by atoms with van der Waals surface area (Å²) in [5.41, 5.74) is 17.1. The molecule has 2 atom stereocenters. The van der Waals surface area contributed by atoms with Crippen molar-refractivity contribution < 1.29 is 45.0 Å². The van der Waals surface area contributed by atoms with E-state index < -0.39 is 25.2 Å². The second-order valence-corrected chi connectivity index (χ2v) is 19.7. The average Bonchev–Trinajstić information content (AvgIpc) is 3.74. The number of aliphatic hydroxyl groups is 1. The molecule has 1 saturated heterocycles. The number of hydrogen-bond donors (Lipinski definition) is 1. The van der Waals surface area contributed by atoms with E-state index in [1.165, 1.54) is 75.5 Å². The standard InChI is InChI=1S/C21H26N2.C15H10.C14H14NO.2ClH.Ru/c1-14-9-16(3)20(17(4)10-14)22-7-8-23(13-22)21-18(5)11-15(2)12-19(21)6;1-2-6-12(7-3-1)15-11-10-13-8-4-5-9-14(13)15;1-11-6-2-4-8-13(11)15-10-12-7-3-5-9-14(12)16;;;/h9-12H,7-8H2,1-6H3;1-9,11H;2-10,14,16H,1H3;2*1H;/q;;;;;+2/p-2/b;;15-10+;;;. The van der Waals surface area contributed by atoms with Crippen molar-refractivity contribution in [1.82, 2.24) is 0 Å². The number of anilines is 2. The molecule has 0 spiro atoms. The smallest absolute Gasteiger partial charge is 1.00 e. The Labute approximate surface area is 355 Å². The molecule has 0 saturated carbocycles. The Kier molecular flexibility index (Phi) is 12.7. The molecule has 0 aromatic heterocycles. The van der Waals surface area contributed by atoms with Crippen molar-refractivity contribution in [3.05, 3.63) is 189 Å². The number of rotatable bonds is 6. The molecule has 57 heavy (non-hydrogen) atoms. The van der Waals surface area contributed by atoms with Crippen LogP contribution in [0.15, 0.2) is 139 Å². The molecule has 1 heterocycles. The van der Waals surface area contributed by atoms with Gasteiger partial charge in [0, 0.05) is 0 Å². The molecule has 2 unspecified atom stereocenters. The number of aliphatic imine (C=N–C) groups is 1. The van der Waals surface area contributed by atoms with Crippen molar-refractivity contribution in [2.45, 2.75) is 58.6 Å². The van der Waals surface area contributed by atoms with Gasteiger partial charge in [-0.05, 0) is 0 Å². The third kappa shape index (κ3) is 7.64. The molecule has 0 bridgehead atoms. The molecule has 1 N–H and O–H groups in total. The number of allylic oxidation sites excluding steroid dienone is 3. The normalized spacial score (nSPS) is 19.4. The minimum atomic E-state index is -2.73. The first-order valence-electron chi connectivity index (χ1n) is 19.2. The van der Waals surface area contributed by atoms with Crippen LogP contribution in [0, 0.1) is 48.5 Å². The molecular formula is C50H50Cl2N3ORu. The fraction of sp³-hybridized carbons (Fsp3) is 0.220. The Bertz CT molecular complexity index is 2450. The number of fused-ring (bicyclic) bond motifs is 1. The molecule has 2 aliphatic carbocycles. The zero-order valence-electron chi connectivity index (χ0n) is 33.7. The Balaban J connectivity index is 0.00000275. The van der Waals surface area contributed by atoms with E-state index in [1.54, 1.807) is 0 Å². The van der Waals surface area contributed by atoms with Gasteiger partial charge in [-0.15, -0.1) is 0 Å². The quantitative estimate of drug-likeness (QED) is 0.201. The van der Waals surface area contributed by atoms with Gasteiger partial charge in [-0.1, -0.05) is 0 Å². The summed E-state index contributed by atoms with van der Waals surface area (Å²) in [6.07, 6.45) is 12.2. The second-order valence-electron chi connectivity index (χ2n) is 15.2. The summed E-state index contributed by atoms with van der Waals surface area (Å²) in [6, 6.07) is 37.3. The van der Waals surface area contributed by atoms with Crippen LogP contribution in [0.4, 0.5) is 17.1 Å². The van der Waals surface area contributed by atoms with Gasteiger partial charge < -0.3 is 24.8 Å². The molecule has 0 amide bonds. The van der Waals surface area contributed by atoms with E-state index in [0.29, 0.717) is 0 Å². The number of para-hydroxylation sites is 1. The van der Waals surface area contributed by atoms with Gasteiger partial charge in [0.2, 0.25) is 0 Å². The summed E-state index contributed by atoms with van der Waals surface area (Å²) in [7, 11) is 0. The van der Waals surface area contributed by atoms with E-state index in [1.807, 2.05) is 18.2 Å². The zero-order chi connectivity index (χ0) is 38.4. The van der Waals surface area contributed by atoms with Gasteiger partial charge in [0.1, 0.15) is 0 Å². The van der Waals surface area contributed by atoms with Crippen molar-refractivity contribution in [1.29, 1.82) is 0 Å². The van der Waals surface area contributed by atoms with Crippen molar-refractivity contribution in [2.24, 2.45) is 4.99 Å². The predicted molar refractivity (Wildman–Crippen MR) is 231 cm³/mol. The fourth-order valence-corrected chi connectivity index (χ4v) is 15.2. The molecule has 1 aliphatic heterocycles. The molecule has 4 nitrogen and oxygen atoms in total. The Morgan fingerprint density at radius 3 is 1.74 bits per heavy atom. The predicted octanol–water partition coefficient (Wildman–Crippen LogP) is 4.60. The van der Waals surface area contributed by atoms with Crippen LogP contribution < -0.4 is 34.6 Å². The van der Waals surface area contributed by atoms with Gasteiger partial charge in [0.05, 0.1) is 0 Å². The molecule has 5 aromatic rings. The minimum absolute atomic E-state index is 0. The van der Waals surface area contributed by atoms with Crippen molar-refractivity contribution in [3.63, 3.8) is 0 Å². The van der Waals surface area contributed by atoms with Gasteiger partial charge in [0.15, 0.2) is 0 Å². The summed E-state index contributed by atoms with van der Waals surface area (Å²) >= 11 is -2.73. The van der Waals surface area contributed by atoms with E-state index in [9.17, 15) is 5.11 Å². The maximum absolute atomic E-state index is 12.7. The third-order valence-electron chi connectivity index (χ3n) is 11.0. The number of halogens is 2. The van der Waals surface area contributed by atoms with Crippen LogP contribution in [0.1, 0.15) is 55.6 Å². The first-order valence-corrected chi connectivity index (χ1v) is 21.8. The van der Waals surface area contributed by atoms with Crippen molar-refractivity contribution in [2.75, 3.05) is 22.9 Å². The summed E-state index contributed by atoms with van der Waals surface area (Å²) in [6.45, 7) is 17.2. The number of aryl methyl sites for hydroxylation is 7. The first kappa shape index (κ1) is 42.1. The van der Waals surface area contributed by atoms with Crippen LogP contribution in [-0.4, -0.2) is 39.0 Å². The Hall–Kier alpha value is -4.51. The van der Waals surface area contributed by atoms with Crippen molar-refractivity contribution >= 4 is 37.3 Å². The van der Waals surface area contributed by atoms with Gasteiger partial charge in [-0.3, -0.25) is 0 Å². The SMILES string of the molecule is Cc1cc(C)c(N2CCN(c3c(C)cc(C)cc3C)[C]2=[Ru+2](=[C]2C=C(c3ccccc3)c3ccccc32)[C]2(/C=N/c3ccccc3C)C=CC=CC2O)c(C)c1.[Cl-].[Cl-]. The fourth-order valence-electron chi connectivity index (χ4n) is 8.72. The molecule has 3 aliphatic rings. The van der Waals surface area contributed by atoms with E-state index in [0.717, 1.165) is 24.3 Å². The van der Waals surface area contributed by atoms with E-state index in [4.69, 9.17) is 4.99 Å². The summed E-state index contributed by atoms with van der Waals surface area (Å²) in [4.78, 5) is 10.6. The van der Waals surface area contributed by atoms with Crippen LogP contribution in [0.5, 0.6) is 0 Å². The summed E-state index contributed by atoms with van der Waals surface area (Å²) in [5, 5.41) is 12.7.